The van der Waals surface area contributed by atoms with Crippen LogP contribution in [0.3, 0.4) is 0 Å². The number of nitrogens with one attached hydrogen (secondary N) is 1. The summed E-state index contributed by atoms with van der Waals surface area (Å²) in [4.78, 5) is 12.0. The summed E-state index contributed by atoms with van der Waals surface area (Å²) in [5, 5.41) is 2.26. The van der Waals surface area contributed by atoms with Crippen molar-refractivity contribution in [3.8, 4) is 0 Å². The van der Waals surface area contributed by atoms with Gasteiger partial charge in [0.25, 0.3) is 0 Å². The first kappa shape index (κ1) is 17.0. The predicted molar refractivity (Wildman–Crippen MR) is 75.3 cm³/mol. The highest BCUT2D eigenvalue weighted by Gasteiger charge is 2.35. The number of hydrogen-bond donors (Lipinski definition) is 2. The van der Waals surface area contributed by atoms with Crippen molar-refractivity contribution in [1.82, 2.24) is 0 Å². The molecule has 3 N–H and O–H groups in total. The van der Waals surface area contributed by atoms with Crippen LogP contribution in [0, 0.1) is 0 Å². The van der Waals surface area contributed by atoms with Gasteiger partial charge in [-0.3, -0.25) is 4.79 Å². The molecule has 0 saturated heterocycles. The number of carbonyl (C=O) groups is 1. The largest absolute Gasteiger partial charge is 0.418 e. The van der Waals surface area contributed by atoms with E-state index in [4.69, 9.17) is 5.73 Å². The number of anilines is 1. The maximum absolute atomic E-state index is 12.9. The van der Waals surface area contributed by atoms with Crippen molar-refractivity contribution in [1.29, 1.82) is 0 Å². The van der Waals surface area contributed by atoms with Gasteiger partial charge >= 0.3 is 6.18 Å². The molecule has 0 fully saturated rings. The summed E-state index contributed by atoms with van der Waals surface area (Å²) in [6.45, 7) is 3.34. The molecule has 0 spiro atoms. The molecule has 0 bridgehead atoms. The van der Waals surface area contributed by atoms with E-state index in [1.165, 1.54) is 19.1 Å². The molecule has 1 rings (SSSR count). The van der Waals surface area contributed by atoms with Gasteiger partial charge in [0, 0.05) is 4.47 Å². The lowest BCUT2D eigenvalue weighted by Crippen LogP contribution is -2.48. The summed E-state index contributed by atoms with van der Waals surface area (Å²) < 4.78 is 39.0. The molecule has 0 aromatic heterocycles. The average Bonchev–Trinajstić information content (AvgIpc) is 2.30. The predicted octanol–water partition coefficient (Wildman–Crippen LogP) is 3.92. The average molecular weight is 353 g/mol. The van der Waals surface area contributed by atoms with Gasteiger partial charge in [0.15, 0.2) is 0 Å². The normalized spacial score (nSPS) is 14.8. The van der Waals surface area contributed by atoms with Crippen LogP contribution in [0.15, 0.2) is 22.7 Å². The first-order chi connectivity index (χ1) is 9.08. The Bertz CT molecular complexity index is 501. The van der Waals surface area contributed by atoms with Crippen LogP contribution >= 0.6 is 15.9 Å². The number of rotatable bonds is 4. The number of benzene rings is 1. The molecule has 0 radical (unpaired) electrons. The Hall–Kier alpha value is -1.08. The van der Waals surface area contributed by atoms with Crippen LogP contribution < -0.4 is 11.1 Å². The van der Waals surface area contributed by atoms with Crippen LogP contribution in [0.4, 0.5) is 18.9 Å². The van der Waals surface area contributed by atoms with Gasteiger partial charge in [0.05, 0.1) is 16.8 Å². The molecule has 0 heterocycles. The van der Waals surface area contributed by atoms with Crippen LogP contribution in [0.5, 0.6) is 0 Å². The zero-order valence-electron chi connectivity index (χ0n) is 11.1. The van der Waals surface area contributed by atoms with E-state index in [-0.39, 0.29) is 10.2 Å². The highest BCUT2D eigenvalue weighted by molar-refractivity contribution is 9.10. The van der Waals surface area contributed by atoms with Crippen molar-refractivity contribution in [2.45, 2.75) is 38.4 Å². The third kappa shape index (κ3) is 4.21. The van der Waals surface area contributed by atoms with E-state index in [9.17, 15) is 18.0 Å². The first-order valence-electron chi connectivity index (χ1n) is 6.05. The number of amides is 1. The number of nitrogens with two attached hydrogens (primary N) is 1. The molecule has 1 atom stereocenters. The molecule has 1 aromatic rings. The molecular formula is C13H16BrF3N2O. The fourth-order valence-electron chi connectivity index (χ4n) is 1.76. The second-order valence-electron chi connectivity index (χ2n) is 4.81. The summed E-state index contributed by atoms with van der Waals surface area (Å²) in [6, 6.07) is 3.55. The molecule has 0 aliphatic rings. The lowest BCUT2D eigenvalue weighted by molar-refractivity contribution is -0.137. The fourth-order valence-corrected chi connectivity index (χ4v) is 2.12. The molecule has 0 saturated carbocycles. The monoisotopic (exact) mass is 352 g/mol. The Morgan fingerprint density at radius 3 is 2.50 bits per heavy atom. The van der Waals surface area contributed by atoms with Crippen LogP contribution in [0.2, 0.25) is 0 Å². The zero-order chi connectivity index (χ0) is 15.6. The molecule has 1 amide bonds. The number of hydrogen-bond acceptors (Lipinski definition) is 2. The summed E-state index contributed by atoms with van der Waals surface area (Å²) in [6.07, 6.45) is -3.51. The van der Waals surface area contributed by atoms with Crippen LogP contribution in [0.25, 0.3) is 0 Å². The second-order valence-corrected chi connectivity index (χ2v) is 5.72. The molecule has 1 aromatic carbocycles. The second kappa shape index (κ2) is 6.13. The Morgan fingerprint density at radius 2 is 2.00 bits per heavy atom. The molecule has 20 heavy (non-hydrogen) atoms. The third-order valence-electron chi connectivity index (χ3n) is 2.82. The Balaban J connectivity index is 3.07. The maximum atomic E-state index is 12.9. The maximum Gasteiger partial charge on any atom is 0.418 e. The molecule has 112 valence electrons. The number of halogens is 4. The fraction of sp³-hybridized carbons (Fsp3) is 0.462. The van der Waals surface area contributed by atoms with Gasteiger partial charge in [0.2, 0.25) is 5.91 Å². The van der Waals surface area contributed by atoms with E-state index in [0.717, 1.165) is 6.07 Å². The third-order valence-corrected chi connectivity index (χ3v) is 3.32. The standard InChI is InChI=1S/C13H16BrF3N2O/c1-3-6-12(2,18)11(20)19-10-5-4-8(14)7-9(10)13(15,16)17/h4-5,7H,3,6,18H2,1-2H3,(H,19,20). The molecule has 0 aliphatic heterocycles. The van der Waals surface area contributed by atoms with Gasteiger partial charge < -0.3 is 11.1 Å². The van der Waals surface area contributed by atoms with Crippen LogP contribution in [-0.4, -0.2) is 11.4 Å². The Morgan fingerprint density at radius 1 is 1.40 bits per heavy atom. The van der Waals surface area contributed by atoms with Gasteiger partial charge in [-0.25, -0.2) is 0 Å². The zero-order valence-corrected chi connectivity index (χ0v) is 12.7. The Labute approximate surface area is 123 Å². The quantitative estimate of drug-likeness (QED) is 0.862. The molecule has 1 unspecified atom stereocenters. The van der Waals surface area contributed by atoms with Crippen molar-refractivity contribution < 1.29 is 18.0 Å². The number of alkyl halides is 3. The minimum atomic E-state index is -4.55. The lowest BCUT2D eigenvalue weighted by atomic mass is 9.96. The minimum absolute atomic E-state index is 0.284. The van der Waals surface area contributed by atoms with Crippen molar-refractivity contribution in [2.24, 2.45) is 5.73 Å². The SMILES string of the molecule is CCCC(C)(N)C(=O)Nc1ccc(Br)cc1C(F)(F)F. The van der Waals surface area contributed by atoms with Gasteiger partial charge in [-0.05, 0) is 31.5 Å². The van der Waals surface area contributed by atoms with E-state index in [1.807, 2.05) is 6.92 Å². The van der Waals surface area contributed by atoms with E-state index in [0.29, 0.717) is 12.8 Å². The van der Waals surface area contributed by atoms with Gasteiger partial charge in [-0.1, -0.05) is 29.3 Å². The Kier molecular flexibility index (Phi) is 5.21. The summed E-state index contributed by atoms with van der Waals surface area (Å²) in [5.74, 6) is -0.632. The van der Waals surface area contributed by atoms with Crippen LogP contribution in [0.1, 0.15) is 32.3 Å². The molecular weight excluding hydrogens is 337 g/mol. The molecule has 3 nitrogen and oxygen atoms in total. The van der Waals surface area contributed by atoms with Crippen molar-refractivity contribution in [2.75, 3.05) is 5.32 Å². The van der Waals surface area contributed by atoms with E-state index >= 15 is 0 Å². The van der Waals surface area contributed by atoms with Crippen molar-refractivity contribution >= 4 is 27.5 Å². The molecule has 0 aliphatic carbocycles. The van der Waals surface area contributed by atoms with Crippen molar-refractivity contribution in [3.63, 3.8) is 0 Å². The minimum Gasteiger partial charge on any atom is -0.324 e. The summed E-state index contributed by atoms with van der Waals surface area (Å²) in [7, 11) is 0. The van der Waals surface area contributed by atoms with E-state index in [2.05, 4.69) is 21.2 Å². The summed E-state index contributed by atoms with van der Waals surface area (Å²) in [5.41, 5.74) is 3.40. The summed E-state index contributed by atoms with van der Waals surface area (Å²) >= 11 is 2.98. The number of carbonyl (C=O) groups excluding carboxylic acids is 1. The smallest absolute Gasteiger partial charge is 0.324 e. The van der Waals surface area contributed by atoms with Crippen LogP contribution in [-0.2, 0) is 11.0 Å². The van der Waals surface area contributed by atoms with Gasteiger partial charge in [0.1, 0.15) is 0 Å². The van der Waals surface area contributed by atoms with E-state index < -0.39 is 23.2 Å². The first-order valence-corrected chi connectivity index (χ1v) is 6.84. The highest BCUT2D eigenvalue weighted by Crippen LogP contribution is 2.36. The van der Waals surface area contributed by atoms with Gasteiger partial charge in [-0.2, -0.15) is 13.2 Å². The van der Waals surface area contributed by atoms with Crippen molar-refractivity contribution in [3.05, 3.63) is 28.2 Å². The highest BCUT2D eigenvalue weighted by atomic mass is 79.9. The van der Waals surface area contributed by atoms with Gasteiger partial charge in [-0.15, -0.1) is 0 Å². The molecule has 7 heteroatoms. The lowest BCUT2D eigenvalue weighted by Gasteiger charge is -2.24. The van der Waals surface area contributed by atoms with E-state index in [1.54, 1.807) is 0 Å². The topological polar surface area (TPSA) is 55.1 Å².